The molecule has 1 rings (SSSR count). The maximum atomic E-state index is 11.2. The van der Waals surface area contributed by atoms with Crippen LogP contribution in [0.4, 0.5) is 0 Å². The molecule has 0 aliphatic carbocycles. The third kappa shape index (κ3) is 4.88. The zero-order valence-corrected chi connectivity index (χ0v) is 12.7. The molecule has 0 aliphatic rings. The van der Waals surface area contributed by atoms with E-state index >= 15 is 0 Å². The fraction of sp³-hybridized carbons (Fsp3) is 0.200. The number of benzene rings is 1. The summed E-state index contributed by atoms with van der Waals surface area (Å²) in [7, 11) is -0.890. The zero-order chi connectivity index (χ0) is 9.68. The van der Waals surface area contributed by atoms with E-state index in [-0.39, 0.29) is 32.7 Å². The standard InChI is InChI=1S/C10H11OS2.Y/c1-12-10(13(2)11)8-9-6-4-3-5-7-9;/h4-8H,1-2H3;/q-1;/b10-8+;. The van der Waals surface area contributed by atoms with Crippen molar-refractivity contribution in [1.82, 2.24) is 0 Å². The van der Waals surface area contributed by atoms with Crippen LogP contribution in [0.3, 0.4) is 0 Å². The quantitative estimate of drug-likeness (QED) is 0.798. The van der Waals surface area contributed by atoms with Gasteiger partial charge in [0.15, 0.2) is 0 Å². The molecule has 0 aliphatic heterocycles. The van der Waals surface area contributed by atoms with Crippen LogP contribution in [0.15, 0.2) is 28.5 Å². The Labute approximate surface area is 117 Å². The van der Waals surface area contributed by atoms with E-state index in [1.54, 1.807) is 6.26 Å². The first kappa shape index (κ1) is 14.6. The van der Waals surface area contributed by atoms with Gasteiger partial charge in [-0.3, -0.25) is 4.21 Å². The predicted molar refractivity (Wildman–Crippen MR) is 60.8 cm³/mol. The molecule has 0 saturated carbocycles. The van der Waals surface area contributed by atoms with Crippen molar-refractivity contribution in [3.63, 3.8) is 0 Å². The van der Waals surface area contributed by atoms with E-state index in [1.165, 1.54) is 11.8 Å². The first-order chi connectivity index (χ1) is 6.24. The van der Waals surface area contributed by atoms with Gasteiger partial charge in [-0.2, -0.15) is 30.3 Å². The van der Waals surface area contributed by atoms with E-state index in [0.717, 1.165) is 9.80 Å². The number of hydrogen-bond donors (Lipinski definition) is 0. The van der Waals surface area contributed by atoms with Crippen molar-refractivity contribution in [2.75, 3.05) is 12.5 Å². The first-order valence-corrected chi connectivity index (χ1v) is 6.57. The van der Waals surface area contributed by atoms with Gasteiger partial charge in [-0.25, -0.2) is 0 Å². The van der Waals surface area contributed by atoms with Crippen LogP contribution in [0.5, 0.6) is 0 Å². The molecule has 1 nitrogen and oxygen atoms in total. The summed E-state index contributed by atoms with van der Waals surface area (Å²) in [5.74, 6) is 0. The van der Waals surface area contributed by atoms with Crippen molar-refractivity contribution < 1.29 is 36.9 Å². The summed E-state index contributed by atoms with van der Waals surface area (Å²) < 4.78 is 12.1. The van der Waals surface area contributed by atoms with Crippen molar-refractivity contribution in [3.8, 4) is 0 Å². The van der Waals surface area contributed by atoms with Gasteiger partial charge in [0.2, 0.25) is 0 Å². The Kier molecular flexibility index (Phi) is 8.12. The minimum absolute atomic E-state index is 0. The predicted octanol–water partition coefficient (Wildman–Crippen LogP) is 2.52. The van der Waals surface area contributed by atoms with Gasteiger partial charge in [0.25, 0.3) is 0 Å². The Morgan fingerprint density at radius 3 is 2.50 bits per heavy atom. The van der Waals surface area contributed by atoms with Crippen LogP contribution in [0.25, 0.3) is 6.08 Å². The largest absolute Gasteiger partial charge is 0.254 e. The molecule has 0 fully saturated rings. The minimum atomic E-state index is -0.890. The summed E-state index contributed by atoms with van der Waals surface area (Å²) in [5.41, 5.74) is 1.07. The van der Waals surface area contributed by atoms with Crippen molar-refractivity contribution >= 4 is 28.6 Å². The van der Waals surface area contributed by atoms with Gasteiger partial charge < -0.3 is 0 Å². The van der Waals surface area contributed by atoms with E-state index in [2.05, 4.69) is 6.07 Å². The molecule has 1 aromatic carbocycles. The van der Waals surface area contributed by atoms with Crippen LogP contribution in [0, 0.1) is 6.07 Å². The van der Waals surface area contributed by atoms with Crippen LogP contribution in [-0.2, 0) is 43.5 Å². The van der Waals surface area contributed by atoms with Gasteiger partial charge in [-0.15, -0.1) is 17.3 Å². The van der Waals surface area contributed by atoms with E-state index in [4.69, 9.17) is 0 Å². The fourth-order valence-electron chi connectivity index (χ4n) is 0.891. The van der Waals surface area contributed by atoms with Gasteiger partial charge in [0.05, 0.1) is 15.0 Å². The van der Waals surface area contributed by atoms with Crippen molar-refractivity contribution in [1.29, 1.82) is 0 Å². The third-order valence-electron chi connectivity index (χ3n) is 1.51. The fourth-order valence-corrected chi connectivity index (χ4v) is 2.39. The second-order valence-electron chi connectivity index (χ2n) is 2.45. The van der Waals surface area contributed by atoms with Crippen LogP contribution in [0.2, 0.25) is 0 Å². The normalized spacial score (nSPS) is 13.1. The minimum Gasteiger partial charge on any atom is -0.254 e. The number of hydrogen-bond acceptors (Lipinski definition) is 2. The SMILES string of the molecule is CS/C(=C\c1cc[c-]cc1)S(C)=O.[Y]. The number of thioether (sulfide) groups is 1. The maximum absolute atomic E-state index is 11.2. The molecule has 0 saturated heterocycles. The molecule has 73 valence electrons. The Balaban J connectivity index is 0.00000169. The smallest absolute Gasteiger partial charge is 0.0695 e. The Bertz CT molecular complexity index is 322. The molecule has 4 heteroatoms. The molecule has 0 aromatic heterocycles. The zero-order valence-electron chi connectivity index (χ0n) is 8.19. The molecule has 1 unspecified atom stereocenters. The first-order valence-electron chi connectivity index (χ1n) is 3.79. The summed E-state index contributed by atoms with van der Waals surface area (Å²) in [6, 6.07) is 10.5. The van der Waals surface area contributed by atoms with Crippen molar-refractivity contribution in [2.24, 2.45) is 0 Å². The monoisotopic (exact) mass is 300 g/mol. The Hall–Kier alpha value is 0.564. The summed E-state index contributed by atoms with van der Waals surface area (Å²) in [5, 5.41) is 0. The summed E-state index contributed by atoms with van der Waals surface area (Å²) >= 11 is 1.52. The molecule has 0 spiro atoms. The average Bonchev–Trinajstić information content (AvgIpc) is 2.15. The van der Waals surface area contributed by atoms with E-state index in [9.17, 15) is 4.21 Å². The Morgan fingerprint density at radius 2 is 2.07 bits per heavy atom. The Morgan fingerprint density at radius 1 is 1.50 bits per heavy atom. The molecule has 1 aromatic rings. The molecule has 0 heterocycles. The summed E-state index contributed by atoms with van der Waals surface area (Å²) in [6.45, 7) is 0. The molecular formula is C10H11OS2Y-. The molecule has 14 heavy (non-hydrogen) atoms. The van der Waals surface area contributed by atoms with Crippen molar-refractivity contribution in [2.45, 2.75) is 0 Å². The second kappa shape index (κ2) is 7.80. The summed E-state index contributed by atoms with van der Waals surface area (Å²) in [4.78, 5) is 0. The van der Waals surface area contributed by atoms with E-state index < -0.39 is 10.8 Å². The van der Waals surface area contributed by atoms with Gasteiger partial charge in [0.1, 0.15) is 0 Å². The molecule has 1 radical (unpaired) electrons. The van der Waals surface area contributed by atoms with E-state index in [0.29, 0.717) is 0 Å². The molecule has 0 bridgehead atoms. The van der Waals surface area contributed by atoms with E-state index in [1.807, 2.05) is 36.6 Å². The van der Waals surface area contributed by atoms with Crippen LogP contribution >= 0.6 is 11.8 Å². The van der Waals surface area contributed by atoms with Gasteiger partial charge in [0, 0.05) is 39.0 Å². The molecule has 1 atom stereocenters. The number of rotatable bonds is 3. The van der Waals surface area contributed by atoms with Crippen LogP contribution < -0.4 is 0 Å². The van der Waals surface area contributed by atoms with Gasteiger partial charge in [-0.1, -0.05) is 6.08 Å². The average molecular weight is 300 g/mol. The molecule has 0 amide bonds. The third-order valence-corrected chi connectivity index (χ3v) is 3.92. The summed E-state index contributed by atoms with van der Waals surface area (Å²) in [6.07, 6.45) is 5.56. The van der Waals surface area contributed by atoms with Gasteiger partial charge >= 0.3 is 0 Å². The topological polar surface area (TPSA) is 17.1 Å². The van der Waals surface area contributed by atoms with Crippen molar-refractivity contribution in [3.05, 3.63) is 40.1 Å². The molecule has 0 N–H and O–H groups in total. The van der Waals surface area contributed by atoms with Gasteiger partial charge in [-0.05, 0) is 6.26 Å². The molecular weight excluding hydrogens is 289 g/mol. The second-order valence-corrected chi connectivity index (χ2v) is 4.91. The van der Waals surface area contributed by atoms with Crippen LogP contribution in [-0.4, -0.2) is 16.7 Å². The maximum Gasteiger partial charge on any atom is 0.0695 e. The van der Waals surface area contributed by atoms with Crippen LogP contribution in [0.1, 0.15) is 5.56 Å².